The Bertz CT molecular complexity index is 547. The number of imidazole rings is 1. The predicted molar refractivity (Wildman–Crippen MR) is 79.7 cm³/mol. The van der Waals surface area contributed by atoms with E-state index >= 15 is 0 Å². The van der Waals surface area contributed by atoms with Crippen LogP contribution in [0.1, 0.15) is 19.4 Å². The van der Waals surface area contributed by atoms with Gasteiger partial charge in [0.25, 0.3) is 0 Å². The third kappa shape index (κ3) is 3.68. The van der Waals surface area contributed by atoms with Gasteiger partial charge in [0.05, 0.1) is 0 Å². The van der Waals surface area contributed by atoms with E-state index in [2.05, 4.69) is 35.1 Å². The van der Waals surface area contributed by atoms with Gasteiger partial charge in [0.15, 0.2) is 0 Å². The highest BCUT2D eigenvalue weighted by Crippen LogP contribution is 2.13. The standard InChI is InChI=1S/C15H20N4O/c1-3-18(4-2)11-13-6-5-7-14(10-13)17-15(20)19-9-8-16-12-19/h5-10,12H,3-4,11H2,1-2H3,(H,17,20). The molecule has 2 aromatic rings. The van der Waals surface area contributed by atoms with Gasteiger partial charge in [-0.25, -0.2) is 9.78 Å². The minimum absolute atomic E-state index is 0.206. The molecule has 1 heterocycles. The fourth-order valence-electron chi connectivity index (χ4n) is 2.02. The molecule has 0 unspecified atom stereocenters. The number of carbonyl (C=O) groups is 1. The van der Waals surface area contributed by atoms with Crippen molar-refractivity contribution in [3.05, 3.63) is 48.5 Å². The Balaban J connectivity index is 2.04. The molecule has 0 bridgehead atoms. The largest absolute Gasteiger partial charge is 0.331 e. The first kappa shape index (κ1) is 14.3. The van der Waals surface area contributed by atoms with E-state index < -0.39 is 0 Å². The normalized spacial score (nSPS) is 10.8. The molecule has 5 heteroatoms. The van der Waals surface area contributed by atoms with E-state index in [-0.39, 0.29) is 6.03 Å². The molecule has 2 rings (SSSR count). The maximum atomic E-state index is 11.9. The van der Waals surface area contributed by atoms with Gasteiger partial charge in [0.2, 0.25) is 0 Å². The SMILES string of the molecule is CCN(CC)Cc1cccc(NC(=O)n2ccnc2)c1. The van der Waals surface area contributed by atoms with Gasteiger partial charge in [-0.15, -0.1) is 0 Å². The first-order chi connectivity index (χ1) is 9.72. The van der Waals surface area contributed by atoms with Crippen LogP contribution in [0, 0.1) is 0 Å². The van der Waals surface area contributed by atoms with E-state index in [0.29, 0.717) is 0 Å². The Labute approximate surface area is 119 Å². The van der Waals surface area contributed by atoms with Crippen molar-refractivity contribution in [2.75, 3.05) is 18.4 Å². The van der Waals surface area contributed by atoms with Gasteiger partial charge in [-0.05, 0) is 30.8 Å². The van der Waals surface area contributed by atoms with Crippen LogP contribution in [0.3, 0.4) is 0 Å². The van der Waals surface area contributed by atoms with Crippen LogP contribution in [0.5, 0.6) is 0 Å². The third-order valence-corrected chi connectivity index (χ3v) is 3.22. The Morgan fingerprint density at radius 3 is 2.80 bits per heavy atom. The smallest absolute Gasteiger partial charge is 0.307 e. The van der Waals surface area contributed by atoms with Crippen LogP contribution in [0.4, 0.5) is 10.5 Å². The van der Waals surface area contributed by atoms with Gasteiger partial charge in [-0.1, -0.05) is 26.0 Å². The number of rotatable bonds is 5. The summed E-state index contributed by atoms with van der Waals surface area (Å²) >= 11 is 0. The second kappa shape index (κ2) is 6.86. The van der Waals surface area contributed by atoms with Crippen molar-refractivity contribution in [2.45, 2.75) is 20.4 Å². The van der Waals surface area contributed by atoms with E-state index in [1.54, 1.807) is 12.4 Å². The molecule has 0 radical (unpaired) electrons. The molecular formula is C15H20N4O. The number of aromatic nitrogens is 2. The summed E-state index contributed by atoms with van der Waals surface area (Å²) in [4.78, 5) is 18.1. The molecule has 0 atom stereocenters. The summed E-state index contributed by atoms with van der Waals surface area (Å²) in [6, 6.07) is 7.73. The van der Waals surface area contributed by atoms with Crippen molar-refractivity contribution < 1.29 is 4.79 Å². The van der Waals surface area contributed by atoms with Gasteiger partial charge in [-0.3, -0.25) is 9.47 Å². The monoisotopic (exact) mass is 272 g/mol. The molecule has 0 aliphatic rings. The van der Waals surface area contributed by atoms with Gasteiger partial charge >= 0.3 is 6.03 Å². The van der Waals surface area contributed by atoms with E-state index in [0.717, 1.165) is 25.3 Å². The highest BCUT2D eigenvalue weighted by Gasteiger charge is 2.06. The summed E-state index contributed by atoms with van der Waals surface area (Å²) in [5, 5.41) is 2.86. The van der Waals surface area contributed by atoms with Crippen LogP contribution >= 0.6 is 0 Å². The molecule has 1 aromatic carbocycles. The zero-order chi connectivity index (χ0) is 14.4. The fraction of sp³-hybridized carbons (Fsp3) is 0.333. The lowest BCUT2D eigenvalue weighted by Gasteiger charge is -2.18. The maximum Gasteiger partial charge on any atom is 0.331 e. The Morgan fingerprint density at radius 1 is 1.35 bits per heavy atom. The zero-order valence-corrected chi connectivity index (χ0v) is 11.9. The van der Waals surface area contributed by atoms with E-state index in [1.165, 1.54) is 16.5 Å². The molecule has 0 aliphatic carbocycles. The van der Waals surface area contributed by atoms with Crippen LogP contribution < -0.4 is 5.32 Å². The number of hydrogen-bond donors (Lipinski definition) is 1. The molecule has 1 aromatic heterocycles. The van der Waals surface area contributed by atoms with Crippen molar-refractivity contribution in [1.29, 1.82) is 0 Å². The summed E-state index contributed by atoms with van der Waals surface area (Å²) in [6.07, 6.45) is 4.68. The second-order valence-corrected chi connectivity index (χ2v) is 4.56. The minimum atomic E-state index is -0.206. The van der Waals surface area contributed by atoms with Gasteiger partial charge < -0.3 is 5.32 Å². The number of anilines is 1. The van der Waals surface area contributed by atoms with Crippen LogP contribution in [0.15, 0.2) is 43.0 Å². The number of amides is 1. The fourth-order valence-corrected chi connectivity index (χ4v) is 2.02. The number of hydrogen-bond acceptors (Lipinski definition) is 3. The lowest BCUT2D eigenvalue weighted by atomic mass is 10.2. The van der Waals surface area contributed by atoms with Gasteiger partial charge in [0.1, 0.15) is 6.33 Å². The van der Waals surface area contributed by atoms with Gasteiger partial charge in [-0.2, -0.15) is 0 Å². The summed E-state index contributed by atoms with van der Waals surface area (Å²) in [5.74, 6) is 0. The second-order valence-electron chi connectivity index (χ2n) is 4.56. The Morgan fingerprint density at radius 2 is 2.15 bits per heavy atom. The molecule has 0 aliphatic heterocycles. The molecular weight excluding hydrogens is 252 g/mol. The van der Waals surface area contributed by atoms with Crippen LogP contribution in [0.25, 0.3) is 0 Å². The third-order valence-electron chi connectivity index (χ3n) is 3.22. The van der Waals surface area contributed by atoms with E-state index in [4.69, 9.17) is 0 Å². The predicted octanol–water partition coefficient (Wildman–Crippen LogP) is 2.81. The first-order valence-corrected chi connectivity index (χ1v) is 6.83. The average Bonchev–Trinajstić information content (AvgIpc) is 2.99. The summed E-state index contributed by atoms with van der Waals surface area (Å²) in [5.41, 5.74) is 1.99. The molecule has 20 heavy (non-hydrogen) atoms. The molecule has 1 amide bonds. The molecule has 1 N–H and O–H groups in total. The maximum absolute atomic E-state index is 11.9. The molecule has 0 saturated carbocycles. The lowest BCUT2D eigenvalue weighted by Crippen LogP contribution is -2.22. The topological polar surface area (TPSA) is 50.2 Å². The Kier molecular flexibility index (Phi) is 4.90. The quantitative estimate of drug-likeness (QED) is 0.910. The number of nitrogens with one attached hydrogen (secondary N) is 1. The van der Waals surface area contributed by atoms with Crippen molar-refractivity contribution in [2.24, 2.45) is 0 Å². The van der Waals surface area contributed by atoms with Crippen LogP contribution in [0.2, 0.25) is 0 Å². The summed E-state index contributed by atoms with van der Waals surface area (Å²) in [6.45, 7) is 7.22. The molecule has 0 spiro atoms. The van der Waals surface area contributed by atoms with Crippen LogP contribution in [-0.4, -0.2) is 33.6 Å². The Hall–Kier alpha value is -2.14. The van der Waals surface area contributed by atoms with Gasteiger partial charge in [0, 0.05) is 24.6 Å². The summed E-state index contributed by atoms with van der Waals surface area (Å²) in [7, 11) is 0. The van der Waals surface area contributed by atoms with Crippen LogP contribution in [-0.2, 0) is 6.54 Å². The number of benzene rings is 1. The average molecular weight is 272 g/mol. The van der Waals surface area contributed by atoms with E-state index in [9.17, 15) is 4.79 Å². The van der Waals surface area contributed by atoms with E-state index in [1.807, 2.05) is 18.2 Å². The minimum Gasteiger partial charge on any atom is -0.307 e. The highest BCUT2D eigenvalue weighted by atomic mass is 16.2. The zero-order valence-electron chi connectivity index (χ0n) is 11.9. The molecule has 106 valence electrons. The van der Waals surface area contributed by atoms with Crippen molar-refractivity contribution in [3.63, 3.8) is 0 Å². The number of carbonyl (C=O) groups excluding carboxylic acids is 1. The summed E-state index contributed by atoms with van der Waals surface area (Å²) < 4.78 is 1.41. The lowest BCUT2D eigenvalue weighted by molar-refractivity contribution is 0.253. The van der Waals surface area contributed by atoms with Crippen molar-refractivity contribution >= 4 is 11.7 Å². The highest BCUT2D eigenvalue weighted by molar-refractivity contribution is 5.90. The van der Waals surface area contributed by atoms with Crippen molar-refractivity contribution in [1.82, 2.24) is 14.5 Å². The molecule has 5 nitrogen and oxygen atoms in total. The first-order valence-electron chi connectivity index (χ1n) is 6.83. The number of nitrogens with zero attached hydrogens (tertiary/aromatic N) is 3. The molecule has 0 saturated heterocycles. The van der Waals surface area contributed by atoms with Crippen molar-refractivity contribution in [3.8, 4) is 0 Å². The molecule has 0 fully saturated rings.